The molecule has 1 aromatic heterocycles. The zero-order chi connectivity index (χ0) is 14.9. The van der Waals surface area contributed by atoms with Crippen molar-refractivity contribution in [1.82, 2.24) is 14.7 Å². The number of carbonyl (C=O) groups is 1. The predicted octanol–water partition coefficient (Wildman–Crippen LogP) is -0.582. The fourth-order valence-electron chi connectivity index (χ4n) is 2.50. The van der Waals surface area contributed by atoms with E-state index in [0.29, 0.717) is 18.7 Å². The number of aryl methyl sites for hydroxylation is 1. The Balaban J connectivity index is 2.11. The van der Waals surface area contributed by atoms with Crippen LogP contribution >= 0.6 is 0 Å². The summed E-state index contributed by atoms with van der Waals surface area (Å²) in [5.41, 5.74) is 6.20. The van der Waals surface area contributed by atoms with Gasteiger partial charge in [0, 0.05) is 31.9 Å². The van der Waals surface area contributed by atoms with Gasteiger partial charge in [-0.15, -0.1) is 0 Å². The molecule has 1 saturated heterocycles. The van der Waals surface area contributed by atoms with E-state index in [-0.39, 0.29) is 18.6 Å². The van der Waals surface area contributed by atoms with Crippen LogP contribution in [0, 0.1) is 0 Å². The van der Waals surface area contributed by atoms with E-state index in [1.807, 2.05) is 13.8 Å². The highest BCUT2D eigenvalue weighted by Crippen LogP contribution is 2.23. The van der Waals surface area contributed by atoms with Gasteiger partial charge in [0.25, 0.3) is 0 Å². The molecular formula is C13H22N4O3. The maximum absolute atomic E-state index is 12.5. The minimum Gasteiger partial charge on any atom is -0.394 e. The first-order chi connectivity index (χ1) is 9.32. The SMILES string of the molecule is Cn1cc(C(N)C(=O)N2CC(CO)OC(C)(C)C2)cn1. The van der Waals surface area contributed by atoms with Crippen LogP contribution < -0.4 is 5.73 Å². The van der Waals surface area contributed by atoms with Crippen LogP contribution in [0.5, 0.6) is 0 Å². The van der Waals surface area contributed by atoms with Crippen LogP contribution in [-0.4, -0.2) is 57.1 Å². The van der Waals surface area contributed by atoms with Crippen molar-refractivity contribution in [1.29, 1.82) is 0 Å². The molecule has 0 saturated carbocycles. The number of nitrogens with zero attached hydrogens (tertiary/aromatic N) is 3. The molecule has 1 aromatic rings. The first-order valence-electron chi connectivity index (χ1n) is 6.64. The summed E-state index contributed by atoms with van der Waals surface area (Å²) in [6.07, 6.45) is 2.96. The highest BCUT2D eigenvalue weighted by atomic mass is 16.5. The summed E-state index contributed by atoms with van der Waals surface area (Å²) in [6, 6.07) is -0.739. The number of aliphatic hydroxyl groups excluding tert-OH is 1. The molecule has 7 nitrogen and oxygen atoms in total. The number of aliphatic hydroxyl groups is 1. The van der Waals surface area contributed by atoms with Crippen molar-refractivity contribution >= 4 is 5.91 Å². The van der Waals surface area contributed by atoms with Crippen molar-refractivity contribution in [3.05, 3.63) is 18.0 Å². The monoisotopic (exact) mass is 282 g/mol. The van der Waals surface area contributed by atoms with Crippen LogP contribution in [0.3, 0.4) is 0 Å². The maximum atomic E-state index is 12.5. The molecule has 3 N–H and O–H groups in total. The topological polar surface area (TPSA) is 93.6 Å². The second-order valence-electron chi connectivity index (χ2n) is 5.83. The molecule has 1 aliphatic heterocycles. The summed E-state index contributed by atoms with van der Waals surface area (Å²) < 4.78 is 7.31. The van der Waals surface area contributed by atoms with E-state index in [0.717, 1.165) is 0 Å². The normalized spacial score (nSPS) is 23.6. The molecule has 0 aromatic carbocycles. The van der Waals surface area contributed by atoms with Crippen LogP contribution in [0.25, 0.3) is 0 Å². The van der Waals surface area contributed by atoms with Crippen molar-refractivity contribution in [2.75, 3.05) is 19.7 Å². The van der Waals surface area contributed by atoms with Gasteiger partial charge >= 0.3 is 0 Å². The lowest BCUT2D eigenvalue weighted by atomic mass is 10.0. The van der Waals surface area contributed by atoms with Crippen molar-refractivity contribution in [3.8, 4) is 0 Å². The molecule has 2 rings (SSSR count). The van der Waals surface area contributed by atoms with Gasteiger partial charge in [-0.3, -0.25) is 9.48 Å². The molecular weight excluding hydrogens is 260 g/mol. The number of aromatic nitrogens is 2. The van der Waals surface area contributed by atoms with E-state index >= 15 is 0 Å². The first kappa shape index (κ1) is 15.0. The van der Waals surface area contributed by atoms with E-state index in [1.54, 1.807) is 29.0 Å². The van der Waals surface area contributed by atoms with Gasteiger partial charge in [-0.1, -0.05) is 0 Å². The van der Waals surface area contributed by atoms with Crippen LogP contribution in [0.2, 0.25) is 0 Å². The Morgan fingerprint density at radius 3 is 2.95 bits per heavy atom. The minimum atomic E-state index is -0.739. The van der Waals surface area contributed by atoms with Crippen molar-refractivity contribution in [2.45, 2.75) is 31.6 Å². The third-order valence-corrected chi connectivity index (χ3v) is 3.35. The number of hydrogen-bond acceptors (Lipinski definition) is 5. The van der Waals surface area contributed by atoms with Gasteiger partial charge in [0.15, 0.2) is 0 Å². The summed E-state index contributed by atoms with van der Waals surface area (Å²) >= 11 is 0. The standard InChI is InChI=1S/C13H22N4O3/c1-13(2)8-17(6-10(7-18)20-13)12(19)11(14)9-4-15-16(3)5-9/h4-5,10-11,18H,6-8,14H2,1-3H3. The third-order valence-electron chi connectivity index (χ3n) is 3.35. The largest absolute Gasteiger partial charge is 0.394 e. The molecule has 0 aliphatic carbocycles. The van der Waals surface area contributed by atoms with E-state index in [9.17, 15) is 9.90 Å². The lowest BCUT2D eigenvalue weighted by molar-refractivity contribution is -0.168. The van der Waals surface area contributed by atoms with Crippen molar-refractivity contribution < 1.29 is 14.6 Å². The van der Waals surface area contributed by atoms with E-state index in [1.165, 1.54) is 0 Å². The van der Waals surface area contributed by atoms with Gasteiger partial charge in [0.1, 0.15) is 6.04 Å². The maximum Gasteiger partial charge on any atom is 0.244 e. The molecule has 0 spiro atoms. The molecule has 7 heteroatoms. The van der Waals surface area contributed by atoms with Crippen molar-refractivity contribution in [2.24, 2.45) is 12.8 Å². The Morgan fingerprint density at radius 2 is 2.40 bits per heavy atom. The summed E-state index contributed by atoms with van der Waals surface area (Å²) in [5, 5.41) is 13.3. The number of morpholine rings is 1. The molecule has 112 valence electrons. The van der Waals surface area contributed by atoms with Crippen molar-refractivity contribution in [3.63, 3.8) is 0 Å². The van der Waals surface area contributed by atoms with Gasteiger partial charge in [0.05, 0.1) is 24.5 Å². The fraction of sp³-hybridized carbons (Fsp3) is 0.692. The smallest absolute Gasteiger partial charge is 0.244 e. The fourth-order valence-corrected chi connectivity index (χ4v) is 2.50. The molecule has 2 heterocycles. The van der Waals surface area contributed by atoms with Crippen LogP contribution in [0.15, 0.2) is 12.4 Å². The number of nitrogens with two attached hydrogens (primary N) is 1. The van der Waals surface area contributed by atoms with Gasteiger partial charge in [0.2, 0.25) is 5.91 Å². The van der Waals surface area contributed by atoms with Gasteiger partial charge in [-0.25, -0.2) is 0 Å². The number of ether oxygens (including phenoxy) is 1. The van der Waals surface area contributed by atoms with Gasteiger partial charge < -0.3 is 20.5 Å². The number of hydrogen-bond donors (Lipinski definition) is 2. The summed E-state index contributed by atoms with van der Waals surface area (Å²) in [6.45, 7) is 4.48. The van der Waals surface area contributed by atoms with E-state index in [2.05, 4.69) is 5.10 Å². The highest BCUT2D eigenvalue weighted by molar-refractivity contribution is 5.83. The second-order valence-corrected chi connectivity index (χ2v) is 5.83. The summed E-state index contributed by atoms with van der Waals surface area (Å²) in [4.78, 5) is 14.1. The highest BCUT2D eigenvalue weighted by Gasteiger charge is 2.37. The molecule has 0 bridgehead atoms. The molecule has 1 fully saturated rings. The van der Waals surface area contributed by atoms with Gasteiger partial charge in [-0.05, 0) is 13.8 Å². The molecule has 2 unspecified atom stereocenters. The Bertz CT molecular complexity index is 486. The molecule has 2 atom stereocenters. The summed E-state index contributed by atoms with van der Waals surface area (Å²) in [5.74, 6) is -0.173. The molecule has 0 radical (unpaired) electrons. The Hall–Kier alpha value is -1.44. The van der Waals surface area contributed by atoms with Crippen LogP contribution in [-0.2, 0) is 16.6 Å². The predicted molar refractivity (Wildman–Crippen MR) is 72.8 cm³/mol. The average Bonchev–Trinajstić information content (AvgIpc) is 2.81. The lowest BCUT2D eigenvalue weighted by Gasteiger charge is -2.42. The molecule has 20 heavy (non-hydrogen) atoms. The Kier molecular flexibility index (Phi) is 4.12. The zero-order valence-electron chi connectivity index (χ0n) is 12.1. The minimum absolute atomic E-state index is 0.116. The Morgan fingerprint density at radius 1 is 1.70 bits per heavy atom. The first-order valence-corrected chi connectivity index (χ1v) is 6.64. The number of rotatable bonds is 3. The van der Waals surface area contributed by atoms with Crippen LogP contribution in [0.1, 0.15) is 25.5 Å². The number of amides is 1. The lowest BCUT2D eigenvalue weighted by Crippen LogP contribution is -2.57. The zero-order valence-corrected chi connectivity index (χ0v) is 12.1. The average molecular weight is 282 g/mol. The number of carbonyl (C=O) groups excluding carboxylic acids is 1. The third kappa shape index (κ3) is 3.17. The van der Waals surface area contributed by atoms with E-state index in [4.69, 9.17) is 10.5 Å². The quantitative estimate of drug-likeness (QED) is 0.773. The summed E-state index contributed by atoms with van der Waals surface area (Å²) in [7, 11) is 1.78. The van der Waals surface area contributed by atoms with E-state index < -0.39 is 11.6 Å². The molecule has 1 amide bonds. The second kappa shape index (κ2) is 5.51. The van der Waals surface area contributed by atoms with Crippen LogP contribution in [0.4, 0.5) is 0 Å². The van der Waals surface area contributed by atoms with Gasteiger partial charge in [-0.2, -0.15) is 5.10 Å². The molecule has 1 aliphatic rings. The Labute approximate surface area is 118 Å².